The molecular formula is C25H28N2O4S. The molecule has 0 spiro atoms. The number of aliphatic carboxylic acids is 2. The topological polar surface area (TPSA) is 92.4 Å². The second-order valence-corrected chi connectivity index (χ2v) is 8.75. The number of carboxylic acids is 2. The maximum absolute atomic E-state index is 11.9. The third kappa shape index (κ3) is 6.65. The van der Waals surface area contributed by atoms with E-state index in [1.807, 2.05) is 41.8 Å². The molecule has 1 aromatic carbocycles. The molecule has 32 heavy (non-hydrogen) atoms. The fourth-order valence-electron chi connectivity index (χ4n) is 3.54. The van der Waals surface area contributed by atoms with Gasteiger partial charge in [0.2, 0.25) is 0 Å². The number of nitrogens with zero attached hydrogens (tertiary/aromatic N) is 2. The maximum Gasteiger partial charge on any atom is 0.332 e. The fourth-order valence-corrected chi connectivity index (χ4v) is 4.27. The van der Waals surface area contributed by atoms with Gasteiger partial charge in [-0.1, -0.05) is 43.7 Å². The Hall–Kier alpha value is -3.19. The Labute approximate surface area is 191 Å². The van der Waals surface area contributed by atoms with Crippen LogP contribution in [0.4, 0.5) is 0 Å². The Bertz CT molecular complexity index is 1070. The van der Waals surface area contributed by atoms with E-state index in [2.05, 4.69) is 16.5 Å². The number of hydrogen-bond acceptors (Lipinski definition) is 4. The number of aryl methyl sites for hydroxylation is 2. The predicted octanol–water partition coefficient (Wildman–Crippen LogP) is 4.87. The van der Waals surface area contributed by atoms with E-state index in [9.17, 15) is 14.7 Å². The Morgan fingerprint density at radius 2 is 1.81 bits per heavy atom. The lowest BCUT2D eigenvalue weighted by Crippen LogP contribution is -2.10. The summed E-state index contributed by atoms with van der Waals surface area (Å²) in [6, 6.07) is 11.5. The van der Waals surface area contributed by atoms with Crippen LogP contribution in [0.5, 0.6) is 0 Å². The van der Waals surface area contributed by atoms with Crippen molar-refractivity contribution in [3.05, 3.63) is 81.1 Å². The molecule has 0 aliphatic heterocycles. The summed E-state index contributed by atoms with van der Waals surface area (Å²) in [5, 5.41) is 20.6. The molecule has 2 aromatic heterocycles. The molecule has 2 heterocycles. The van der Waals surface area contributed by atoms with Gasteiger partial charge in [0.05, 0.1) is 18.3 Å². The molecule has 0 radical (unpaired) electrons. The molecule has 6 nitrogen and oxygen atoms in total. The van der Waals surface area contributed by atoms with E-state index in [4.69, 9.17) is 5.11 Å². The molecule has 0 saturated heterocycles. The number of rotatable bonds is 12. The molecule has 7 heteroatoms. The number of hydrogen-bond donors (Lipinski definition) is 2. The SMILES string of the molecule is CCCCc1ncc(/C=C(\Cc2cccs2)C(=O)O)n1CCc1ccc(CC(=O)O)cc1. The Morgan fingerprint density at radius 3 is 2.44 bits per heavy atom. The van der Waals surface area contributed by atoms with Crippen molar-refractivity contribution in [1.82, 2.24) is 9.55 Å². The lowest BCUT2D eigenvalue weighted by molar-refractivity contribution is -0.136. The Kier molecular flexibility index (Phi) is 8.39. The fraction of sp³-hybridized carbons (Fsp3) is 0.320. The van der Waals surface area contributed by atoms with Gasteiger partial charge in [0.25, 0.3) is 0 Å². The standard InChI is InChI=1S/C25H28N2O4S/c1-2-3-6-23-26-17-21(15-20(25(30)31)16-22-5-4-13-32-22)27(23)12-11-18-7-9-19(10-8-18)14-24(28)29/h4-5,7-10,13,15,17H,2-3,6,11-12,14,16H2,1H3,(H,28,29)(H,30,31)/b20-15+. The molecule has 3 rings (SSSR count). The van der Waals surface area contributed by atoms with Gasteiger partial charge in [-0.15, -0.1) is 11.3 Å². The lowest BCUT2D eigenvalue weighted by Gasteiger charge is -2.12. The van der Waals surface area contributed by atoms with Crippen LogP contribution in [0.1, 0.15) is 47.3 Å². The molecule has 0 unspecified atom stereocenters. The number of carboxylic acid groups (broad SMARTS) is 2. The molecular weight excluding hydrogens is 424 g/mol. The van der Waals surface area contributed by atoms with Crippen molar-refractivity contribution in [3.8, 4) is 0 Å². The number of unbranched alkanes of at least 4 members (excludes halogenated alkanes) is 1. The molecule has 0 saturated carbocycles. The van der Waals surface area contributed by atoms with Crippen molar-refractivity contribution < 1.29 is 19.8 Å². The van der Waals surface area contributed by atoms with Gasteiger partial charge in [-0.25, -0.2) is 9.78 Å². The highest BCUT2D eigenvalue weighted by atomic mass is 32.1. The Morgan fingerprint density at radius 1 is 1.06 bits per heavy atom. The summed E-state index contributed by atoms with van der Waals surface area (Å²) in [4.78, 5) is 28.3. The van der Waals surface area contributed by atoms with Crippen molar-refractivity contribution in [2.45, 2.75) is 52.0 Å². The first-order valence-corrected chi connectivity index (χ1v) is 11.6. The van der Waals surface area contributed by atoms with Crippen LogP contribution in [0.3, 0.4) is 0 Å². The first-order chi connectivity index (χ1) is 15.5. The molecule has 0 atom stereocenters. The van der Waals surface area contributed by atoms with Gasteiger partial charge in [0.15, 0.2) is 0 Å². The van der Waals surface area contributed by atoms with E-state index in [-0.39, 0.29) is 6.42 Å². The highest BCUT2D eigenvalue weighted by molar-refractivity contribution is 7.09. The average Bonchev–Trinajstić information content (AvgIpc) is 3.41. The summed E-state index contributed by atoms with van der Waals surface area (Å²) in [7, 11) is 0. The monoisotopic (exact) mass is 452 g/mol. The average molecular weight is 453 g/mol. The molecule has 2 N–H and O–H groups in total. The van der Waals surface area contributed by atoms with E-state index in [0.29, 0.717) is 18.5 Å². The number of imidazole rings is 1. The van der Waals surface area contributed by atoms with Crippen molar-refractivity contribution in [2.75, 3.05) is 0 Å². The molecule has 3 aromatic rings. The zero-order chi connectivity index (χ0) is 22.9. The van der Waals surface area contributed by atoms with E-state index in [1.165, 1.54) is 0 Å². The van der Waals surface area contributed by atoms with Crippen LogP contribution < -0.4 is 0 Å². The second-order valence-electron chi connectivity index (χ2n) is 7.72. The molecule has 0 aliphatic carbocycles. The first kappa shape index (κ1) is 23.5. The van der Waals surface area contributed by atoms with Crippen LogP contribution in [0, 0.1) is 0 Å². The van der Waals surface area contributed by atoms with Crippen molar-refractivity contribution in [3.63, 3.8) is 0 Å². The molecule has 0 aliphatic rings. The van der Waals surface area contributed by atoms with Crippen LogP contribution in [0.25, 0.3) is 6.08 Å². The highest BCUT2D eigenvalue weighted by Gasteiger charge is 2.14. The summed E-state index contributed by atoms with van der Waals surface area (Å²) >= 11 is 1.55. The Balaban J connectivity index is 1.82. The summed E-state index contributed by atoms with van der Waals surface area (Å²) in [6.45, 7) is 2.81. The van der Waals surface area contributed by atoms with Gasteiger partial charge in [0.1, 0.15) is 5.82 Å². The summed E-state index contributed by atoms with van der Waals surface area (Å²) < 4.78 is 2.11. The van der Waals surface area contributed by atoms with Gasteiger partial charge in [0, 0.05) is 29.8 Å². The van der Waals surface area contributed by atoms with E-state index in [1.54, 1.807) is 23.6 Å². The minimum atomic E-state index is -0.921. The maximum atomic E-state index is 11.9. The van der Waals surface area contributed by atoms with Gasteiger partial charge < -0.3 is 14.8 Å². The summed E-state index contributed by atoms with van der Waals surface area (Å²) in [5.41, 5.74) is 3.01. The van der Waals surface area contributed by atoms with E-state index < -0.39 is 11.9 Å². The van der Waals surface area contributed by atoms with Crippen molar-refractivity contribution >= 4 is 29.4 Å². The second kappa shape index (κ2) is 11.4. The molecule has 168 valence electrons. The van der Waals surface area contributed by atoms with Gasteiger partial charge in [-0.3, -0.25) is 4.79 Å². The normalized spacial score (nSPS) is 11.6. The molecule has 0 amide bonds. The van der Waals surface area contributed by atoms with Crippen LogP contribution in [-0.4, -0.2) is 31.7 Å². The number of thiophene rings is 1. The third-order valence-corrected chi connectivity index (χ3v) is 6.14. The third-order valence-electron chi connectivity index (χ3n) is 5.27. The minimum Gasteiger partial charge on any atom is -0.481 e. The van der Waals surface area contributed by atoms with Crippen LogP contribution in [0.2, 0.25) is 0 Å². The van der Waals surface area contributed by atoms with E-state index >= 15 is 0 Å². The van der Waals surface area contributed by atoms with Crippen molar-refractivity contribution in [2.24, 2.45) is 0 Å². The minimum absolute atomic E-state index is 0.0140. The van der Waals surface area contributed by atoms with Crippen LogP contribution in [0.15, 0.2) is 53.5 Å². The largest absolute Gasteiger partial charge is 0.481 e. The zero-order valence-corrected chi connectivity index (χ0v) is 19.0. The van der Waals surface area contributed by atoms with Crippen molar-refractivity contribution in [1.29, 1.82) is 0 Å². The summed E-state index contributed by atoms with van der Waals surface area (Å²) in [6.07, 6.45) is 7.56. The highest BCUT2D eigenvalue weighted by Crippen LogP contribution is 2.19. The smallest absolute Gasteiger partial charge is 0.332 e. The molecule has 0 fully saturated rings. The van der Waals surface area contributed by atoms with E-state index in [0.717, 1.165) is 53.2 Å². The first-order valence-electron chi connectivity index (χ1n) is 10.8. The van der Waals surface area contributed by atoms with Gasteiger partial charge in [-0.2, -0.15) is 0 Å². The quantitative estimate of drug-likeness (QED) is 0.383. The number of aromatic nitrogens is 2. The number of carbonyl (C=O) groups is 2. The van der Waals surface area contributed by atoms with Crippen LogP contribution >= 0.6 is 11.3 Å². The zero-order valence-electron chi connectivity index (χ0n) is 18.2. The number of benzene rings is 1. The summed E-state index contributed by atoms with van der Waals surface area (Å²) in [5.74, 6) is -0.804. The van der Waals surface area contributed by atoms with Crippen LogP contribution in [-0.2, 0) is 41.8 Å². The molecule has 0 bridgehead atoms. The predicted molar refractivity (Wildman–Crippen MR) is 126 cm³/mol. The van der Waals surface area contributed by atoms with Gasteiger partial charge >= 0.3 is 11.9 Å². The lowest BCUT2D eigenvalue weighted by atomic mass is 10.1. The van der Waals surface area contributed by atoms with Gasteiger partial charge in [-0.05, 0) is 41.5 Å².